The van der Waals surface area contributed by atoms with Gasteiger partial charge in [0.25, 0.3) is 5.56 Å². The largest absolute Gasteiger partial charge is 0.444 e. The topological polar surface area (TPSA) is 88.5 Å². The first-order valence-electron chi connectivity index (χ1n) is 12.9. The molecule has 4 rings (SSSR count). The number of aromatic nitrogens is 2. The summed E-state index contributed by atoms with van der Waals surface area (Å²) in [6, 6.07) is 12.7. The SMILES string of the molecule is Cc1cc(-n2c(NCCNc3ccccc3)nc3c(c2=O)CCN(C(=O)OC(C)(C)C)[C@H]3C)cc(C)c1F. The van der Waals surface area contributed by atoms with Gasteiger partial charge < -0.3 is 15.4 Å². The Morgan fingerprint density at radius 2 is 1.74 bits per heavy atom. The number of para-hydroxylation sites is 1. The lowest BCUT2D eigenvalue weighted by Crippen LogP contribution is -2.45. The Labute approximate surface area is 222 Å². The predicted molar refractivity (Wildman–Crippen MR) is 148 cm³/mol. The number of halogens is 1. The van der Waals surface area contributed by atoms with Gasteiger partial charge in [0.1, 0.15) is 11.4 Å². The number of ether oxygens (including phenoxy) is 1. The van der Waals surface area contributed by atoms with E-state index in [2.05, 4.69) is 10.6 Å². The van der Waals surface area contributed by atoms with Gasteiger partial charge in [0, 0.05) is 30.9 Å². The third-order valence-corrected chi connectivity index (χ3v) is 6.49. The molecule has 1 aromatic heterocycles. The molecule has 0 fully saturated rings. The molecule has 0 unspecified atom stereocenters. The van der Waals surface area contributed by atoms with Gasteiger partial charge >= 0.3 is 6.09 Å². The molecular formula is C29H36FN5O3. The molecule has 0 aliphatic carbocycles. The maximum absolute atomic E-state index is 14.4. The van der Waals surface area contributed by atoms with Crippen molar-refractivity contribution in [1.82, 2.24) is 14.5 Å². The van der Waals surface area contributed by atoms with E-state index in [1.807, 2.05) is 58.0 Å². The normalized spacial score (nSPS) is 15.1. The van der Waals surface area contributed by atoms with Crippen LogP contribution in [-0.2, 0) is 11.2 Å². The van der Waals surface area contributed by atoms with Crippen molar-refractivity contribution in [1.29, 1.82) is 0 Å². The molecule has 1 atom stereocenters. The standard InChI is InChI=1S/C29H36FN5O3/c1-18-16-22(17-19(2)24(18)30)35-26(36)23-12-15-34(28(37)38-29(4,5)6)20(3)25(23)33-27(35)32-14-13-31-21-10-8-7-9-11-21/h7-11,16-17,20,31H,12-15H2,1-6H3,(H,32,33)/t20-/m0/s1. The van der Waals surface area contributed by atoms with Crippen LogP contribution in [0.15, 0.2) is 47.3 Å². The quantitative estimate of drug-likeness (QED) is 0.424. The summed E-state index contributed by atoms with van der Waals surface area (Å²) in [5.41, 5.74) is 2.65. The number of nitrogens with one attached hydrogen (secondary N) is 2. The lowest BCUT2D eigenvalue weighted by atomic mass is 10.00. The van der Waals surface area contributed by atoms with Crippen LogP contribution in [0.4, 0.5) is 20.8 Å². The smallest absolute Gasteiger partial charge is 0.410 e. The fourth-order valence-corrected chi connectivity index (χ4v) is 4.64. The molecule has 0 saturated heterocycles. The van der Waals surface area contributed by atoms with Crippen molar-refractivity contribution in [2.45, 2.75) is 59.6 Å². The van der Waals surface area contributed by atoms with Crippen LogP contribution in [0.2, 0.25) is 0 Å². The fourth-order valence-electron chi connectivity index (χ4n) is 4.64. The highest BCUT2D eigenvalue weighted by atomic mass is 19.1. The summed E-state index contributed by atoms with van der Waals surface area (Å²) in [4.78, 5) is 33.2. The fraction of sp³-hybridized carbons (Fsp3) is 0.414. The van der Waals surface area contributed by atoms with Crippen LogP contribution >= 0.6 is 0 Å². The van der Waals surface area contributed by atoms with Crippen molar-refractivity contribution in [2.24, 2.45) is 0 Å². The van der Waals surface area contributed by atoms with Crippen molar-refractivity contribution in [3.63, 3.8) is 0 Å². The van der Waals surface area contributed by atoms with Crippen molar-refractivity contribution in [3.05, 3.63) is 81.0 Å². The van der Waals surface area contributed by atoms with Gasteiger partial charge in [-0.3, -0.25) is 9.69 Å². The molecule has 0 saturated carbocycles. The number of carbonyl (C=O) groups excluding carboxylic acids is 1. The zero-order chi connectivity index (χ0) is 27.6. The Morgan fingerprint density at radius 3 is 2.37 bits per heavy atom. The number of amides is 1. The van der Waals surface area contributed by atoms with E-state index in [0.29, 0.717) is 60.1 Å². The number of nitrogens with zero attached hydrogens (tertiary/aromatic N) is 3. The van der Waals surface area contributed by atoms with Crippen molar-refractivity contribution >= 4 is 17.7 Å². The third-order valence-electron chi connectivity index (χ3n) is 6.49. The number of benzene rings is 2. The van der Waals surface area contributed by atoms with Crippen molar-refractivity contribution in [2.75, 3.05) is 30.3 Å². The molecule has 0 spiro atoms. The second kappa shape index (κ2) is 10.8. The van der Waals surface area contributed by atoms with Gasteiger partial charge in [-0.2, -0.15) is 0 Å². The van der Waals surface area contributed by atoms with Crippen LogP contribution in [0.5, 0.6) is 0 Å². The van der Waals surface area contributed by atoms with Gasteiger partial charge in [0.15, 0.2) is 0 Å². The van der Waals surface area contributed by atoms with E-state index < -0.39 is 17.7 Å². The van der Waals surface area contributed by atoms with Gasteiger partial charge in [-0.15, -0.1) is 0 Å². The summed E-state index contributed by atoms with van der Waals surface area (Å²) >= 11 is 0. The molecule has 202 valence electrons. The molecule has 0 radical (unpaired) electrons. The number of aryl methyl sites for hydroxylation is 2. The summed E-state index contributed by atoms with van der Waals surface area (Å²) in [6.07, 6.45) is -0.0901. The van der Waals surface area contributed by atoms with E-state index in [1.165, 1.54) is 4.57 Å². The van der Waals surface area contributed by atoms with Crippen LogP contribution in [-0.4, -0.2) is 45.8 Å². The maximum atomic E-state index is 14.4. The number of rotatable bonds is 6. The molecule has 9 heteroatoms. The zero-order valence-electron chi connectivity index (χ0n) is 22.9. The average molecular weight is 522 g/mol. The summed E-state index contributed by atoms with van der Waals surface area (Å²) in [5.74, 6) is 0.0443. The van der Waals surface area contributed by atoms with Crippen molar-refractivity contribution < 1.29 is 13.9 Å². The Hall–Kier alpha value is -3.88. The van der Waals surface area contributed by atoms with E-state index >= 15 is 0 Å². The lowest BCUT2D eigenvalue weighted by molar-refractivity contribution is 0.0154. The molecule has 38 heavy (non-hydrogen) atoms. The summed E-state index contributed by atoms with van der Waals surface area (Å²) in [7, 11) is 0. The summed E-state index contributed by atoms with van der Waals surface area (Å²) < 4.78 is 21.5. The van der Waals surface area contributed by atoms with E-state index in [1.54, 1.807) is 30.9 Å². The van der Waals surface area contributed by atoms with Gasteiger partial charge in [0.2, 0.25) is 5.95 Å². The van der Waals surface area contributed by atoms with Crippen LogP contribution in [0, 0.1) is 19.7 Å². The molecule has 2 heterocycles. The van der Waals surface area contributed by atoms with Crippen LogP contribution in [0.1, 0.15) is 56.1 Å². The number of hydrogen-bond acceptors (Lipinski definition) is 6. The minimum Gasteiger partial charge on any atom is -0.444 e. The van der Waals surface area contributed by atoms with Crippen LogP contribution in [0.3, 0.4) is 0 Å². The minimum absolute atomic E-state index is 0.227. The zero-order valence-corrected chi connectivity index (χ0v) is 22.9. The first-order valence-corrected chi connectivity index (χ1v) is 12.9. The highest BCUT2D eigenvalue weighted by Gasteiger charge is 2.34. The number of fused-ring (bicyclic) bond motifs is 1. The molecule has 3 aromatic rings. The van der Waals surface area contributed by atoms with Gasteiger partial charge in [-0.25, -0.2) is 18.7 Å². The molecule has 0 bridgehead atoms. The van der Waals surface area contributed by atoms with E-state index in [4.69, 9.17) is 9.72 Å². The van der Waals surface area contributed by atoms with E-state index in [9.17, 15) is 14.0 Å². The highest BCUT2D eigenvalue weighted by Crippen LogP contribution is 2.30. The molecular weight excluding hydrogens is 485 g/mol. The lowest BCUT2D eigenvalue weighted by Gasteiger charge is -2.35. The Bertz CT molecular complexity index is 1360. The Balaban J connectivity index is 1.71. The van der Waals surface area contributed by atoms with Gasteiger partial charge in [-0.1, -0.05) is 18.2 Å². The van der Waals surface area contributed by atoms with Gasteiger partial charge in [-0.05, 0) is 83.4 Å². The first kappa shape index (κ1) is 27.2. The minimum atomic E-state index is -0.634. The Morgan fingerprint density at radius 1 is 1.11 bits per heavy atom. The van der Waals surface area contributed by atoms with Crippen LogP contribution < -0.4 is 16.2 Å². The second-order valence-electron chi connectivity index (χ2n) is 10.7. The average Bonchev–Trinajstić information content (AvgIpc) is 2.85. The van der Waals surface area contributed by atoms with E-state index in [-0.39, 0.29) is 11.4 Å². The first-order chi connectivity index (χ1) is 18.0. The summed E-state index contributed by atoms with van der Waals surface area (Å²) in [5, 5.41) is 6.62. The molecule has 1 amide bonds. The van der Waals surface area contributed by atoms with Crippen LogP contribution in [0.25, 0.3) is 5.69 Å². The Kier molecular flexibility index (Phi) is 7.76. The molecule has 1 aliphatic rings. The second-order valence-corrected chi connectivity index (χ2v) is 10.7. The maximum Gasteiger partial charge on any atom is 0.410 e. The number of anilines is 2. The molecule has 8 nitrogen and oxygen atoms in total. The number of carbonyl (C=O) groups is 1. The summed E-state index contributed by atoms with van der Waals surface area (Å²) in [6.45, 7) is 12.1. The highest BCUT2D eigenvalue weighted by molar-refractivity contribution is 5.69. The predicted octanol–water partition coefficient (Wildman–Crippen LogP) is 5.37. The number of hydrogen-bond donors (Lipinski definition) is 2. The van der Waals surface area contributed by atoms with E-state index in [0.717, 1.165) is 5.69 Å². The van der Waals surface area contributed by atoms with Crippen molar-refractivity contribution in [3.8, 4) is 5.69 Å². The third kappa shape index (κ3) is 5.82. The van der Waals surface area contributed by atoms with Gasteiger partial charge in [0.05, 0.1) is 17.4 Å². The molecule has 2 aromatic carbocycles. The monoisotopic (exact) mass is 521 g/mol. The molecule has 1 aliphatic heterocycles. The molecule has 2 N–H and O–H groups in total.